The molecule has 0 bridgehead atoms. The Kier molecular flexibility index (Phi) is 6.03. The van der Waals surface area contributed by atoms with Gasteiger partial charge in [-0.1, -0.05) is 6.07 Å². The maximum atomic E-state index is 15.3. The summed E-state index contributed by atoms with van der Waals surface area (Å²) in [5.41, 5.74) is 4.17. The van der Waals surface area contributed by atoms with Crippen LogP contribution >= 0.6 is 0 Å². The van der Waals surface area contributed by atoms with E-state index < -0.39 is 14.8 Å². The summed E-state index contributed by atoms with van der Waals surface area (Å²) in [6, 6.07) is 12.8. The lowest BCUT2D eigenvalue weighted by molar-refractivity contribution is 0.272. The number of piperazine rings is 1. The summed E-state index contributed by atoms with van der Waals surface area (Å²) in [6.45, 7) is 7.63. The molecule has 1 fully saturated rings. The number of hydrogen-bond acceptors (Lipinski definition) is 7. The molecule has 39 heavy (non-hydrogen) atoms. The van der Waals surface area contributed by atoms with Gasteiger partial charge in [0.15, 0.2) is 0 Å². The predicted octanol–water partition coefficient (Wildman–Crippen LogP) is 4.52. The van der Waals surface area contributed by atoms with Gasteiger partial charge in [-0.3, -0.25) is 4.72 Å². The van der Waals surface area contributed by atoms with Crippen LogP contribution < -0.4 is 14.9 Å². The second kappa shape index (κ2) is 9.20. The number of likely N-dealkylation sites (N-methyl/N-ethyl adjacent to an activating group) is 1. The van der Waals surface area contributed by atoms with Crippen LogP contribution in [-0.2, 0) is 16.4 Å². The van der Waals surface area contributed by atoms with Crippen molar-refractivity contribution in [3.05, 3.63) is 66.2 Å². The molecule has 1 saturated heterocycles. The molecule has 2 N–H and O–H groups in total. The van der Waals surface area contributed by atoms with Crippen molar-refractivity contribution in [2.75, 3.05) is 41.6 Å². The summed E-state index contributed by atoms with van der Waals surface area (Å²) >= 11 is 0. The molecule has 1 atom stereocenters. The van der Waals surface area contributed by atoms with Crippen molar-refractivity contribution in [1.82, 2.24) is 19.4 Å². The highest BCUT2D eigenvalue weighted by Gasteiger charge is 2.35. The highest BCUT2D eigenvalue weighted by atomic mass is 32.2. The van der Waals surface area contributed by atoms with E-state index in [0.717, 1.165) is 42.7 Å². The number of aromatic nitrogens is 3. The maximum absolute atomic E-state index is 15.3. The Morgan fingerprint density at radius 2 is 1.90 bits per heavy atom. The fourth-order valence-electron chi connectivity index (χ4n) is 5.28. The average Bonchev–Trinajstić information content (AvgIpc) is 3.44. The van der Waals surface area contributed by atoms with Crippen LogP contribution in [0.25, 0.3) is 16.7 Å². The summed E-state index contributed by atoms with van der Waals surface area (Å²) in [6.07, 6.45) is 4.39. The van der Waals surface area contributed by atoms with Gasteiger partial charge in [-0.2, -0.15) is 4.98 Å². The van der Waals surface area contributed by atoms with Crippen LogP contribution in [-0.4, -0.2) is 65.3 Å². The van der Waals surface area contributed by atoms with E-state index in [4.69, 9.17) is 4.98 Å². The molecule has 0 spiro atoms. The first kappa shape index (κ1) is 25.6. The summed E-state index contributed by atoms with van der Waals surface area (Å²) in [7, 11) is -1.46. The summed E-state index contributed by atoms with van der Waals surface area (Å²) in [5.74, 6) is 0.114. The Labute approximate surface area is 227 Å². The van der Waals surface area contributed by atoms with Gasteiger partial charge >= 0.3 is 0 Å². The van der Waals surface area contributed by atoms with Gasteiger partial charge in [-0.15, -0.1) is 0 Å². The number of hydrogen-bond donors (Lipinski definition) is 2. The fraction of sp³-hybridized carbons (Fsp3) is 0.357. The van der Waals surface area contributed by atoms with Gasteiger partial charge in [0, 0.05) is 54.8 Å². The number of nitrogens with one attached hydrogen (secondary N) is 2. The average molecular weight is 550 g/mol. The normalized spacial score (nSPS) is 17.8. The smallest absolute Gasteiger partial charge is 0.237 e. The molecule has 2 aromatic heterocycles. The number of rotatable bonds is 5. The zero-order chi connectivity index (χ0) is 27.5. The van der Waals surface area contributed by atoms with Crippen LogP contribution in [0.2, 0.25) is 0 Å². The van der Waals surface area contributed by atoms with Crippen molar-refractivity contribution in [1.29, 1.82) is 0 Å². The Morgan fingerprint density at radius 3 is 2.69 bits per heavy atom. The standard InChI is InChI=1S/C28H32FN7O2S/c1-28(2,3)39(37,38)33-20-6-5-7-22(14-20)36-9-8-18-16-30-27(32-26(18)36)31-21-12-19-13-23-17-34(4)10-11-35(23)25(19)24(29)15-21/h5-9,12,14-16,23,33H,10-11,13,17H2,1-4H3,(H,30,31,32). The van der Waals surface area contributed by atoms with Crippen molar-refractivity contribution in [3.63, 3.8) is 0 Å². The summed E-state index contributed by atoms with van der Waals surface area (Å²) < 4.78 is 44.2. The molecule has 0 saturated carbocycles. The lowest BCUT2D eigenvalue weighted by atomic mass is 10.1. The number of benzene rings is 2. The summed E-state index contributed by atoms with van der Waals surface area (Å²) in [5, 5.41) is 4.01. The largest absolute Gasteiger partial charge is 0.363 e. The molecule has 0 radical (unpaired) electrons. The van der Waals surface area contributed by atoms with Crippen LogP contribution in [0.3, 0.4) is 0 Å². The Bertz CT molecular complexity index is 1680. The monoisotopic (exact) mass is 549 g/mol. The first-order valence-corrected chi connectivity index (χ1v) is 14.5. The second-order valence-electron chi connectivity index (χ2n) is 11.3. The molecule has 0 amide bonds. The zero-order valence-electron chi connectivity index (χ0n) is 22.4. The molecule has 11 heteroatoms. The molecular formula is C28H32FN7O2S. The minimum atomic E-state index is -3.57. The Hall–Kier alpha value is -3.70. The van der Waals surface area contributed by atoms with Crippen molar-refractivity contribution < 1.29 is 12.8 Å². The van der Waals surface area contributed by atoms with Gasteiger partial charge < -0.3 is 19.7 Å². The fourth-order valence-corrected chi connectivity index (χ4v) is 6.03. The molecule has 6 rings (SSSR count). The number of anilines is 4. The maximum Gasteiger partial charge on any atom is 0.237 e. The SMILES string of the molecule is CN1CCN2c3c(F)cc(Nc4ncc5ccn(-c6cccc(NS(=O)(=O)C(C)(C)C)c6)c5n4)cc3CC2C1. The van der Waals surface area contributed by atoms with E-state index in [1.165, 1.54) is 6.07 Å². The zero-order valence-corrected chi connectivity index (χ0v) is 23.3. The third-order valence-electron chi connectivity index (χ3n) is 7.44. The van der Waals surface area contributed by atoms with E-state index in [2.05, 4.69) is 31.9 Å². The van der Waals surface area contributed by atoms with Gasteiger partial charge in [0.1, 0.15) is 11.5 Å². The molecule has 4 aromatic rings. The predicted molar refractivity (Wildman–Crippen MR) is 153 cm³/mol. The Balaban J connectivity index is 1.28. The molecule has 204 valence electrons. The van der Waals surface area contributed by atoms with E-state index in [1.807, 2.05) is 29.0 Å². The lowest BCUT2D eigenvalue weighted by Gasteiger charge is -2.37. The van der Waals surface area contributed by atoms with Gasteiger partial charge in [-0.25, -0.2) is 17.8 Å². The van der Waals surface area contributed by atoms with Crippen molar-refractivity contribution in [3.8, 4) is 5.69 Å². The minimum Gasteiger partial charge on any atom is -0.363 e. The van der Waals surface area contributed by atoms with Crippen LogP contribution in [0.5, 0.6) is 0 Å². The molecule has 0 aliphatic carbocycles. The molecule has 1 unspecified atom stereocenters. The van der Waals surface area contributed by atoms with Crippen LogP contribution in [0.15, 0.2) is 54.9 Å². The molecule has 9 nitrogen and oxygen atoms in total. The first-order valence-electron chi connectivity index (χ1n) is 13.0. The van der Waals surface area contributed by atoms with E-state index in [0.29, 0.717) is 34.7 Å². The third kappa shape index (κ3) is 4.70. The second-order valence-corrected chi connectivity index (χ2v) is 13.8. The van der Waals surface area contributed by atoms with Crippen molar-refractivity contribution in [2.24, 2.45) is 0 Å². The van der Waals surface area contributed by atoms with E-state index in [1.54, 1.807) is 45.2 Å². The lowest BCUT2D eigenvalue weighted by Crippen LogP contribution is -2.50. The van der Waals surface area contributed by atoms with E-state index in [9.17, 15) is 8.42 Å². The molecule has 2 aliphatic heterocycles. The van der Waals surface area contributed by atoms with Crippen LogP contribution in [0.1, 0.15) is 26.3 Å². The number of sulfonamides is 1. The van der Waals surface area contributed by atoms with Gasteiger partial charge in [0.2, 0.25) is 16.0 Å². The molecule has 4 heterocycles. The number of fused-ring (bicyclic) bond motifs is 4. The van der Waals surface area contributed by atoms with Gasteiger partial charge in [0.05, 0.1) is 16.1 Å². The highest BCUT2D eigenvalue weighted by Crippen LogP contribution is 2.38. The van der Waals surface area contributed by atoms with E-state index in [-0.39, 0.29) is 5.82 Å². The Morgan fingerprint density at radius 1 is 1.08 bits per heavy atom. The quantitative estimate of drug-likeness (QED) is 0.378. The molecule has 2 aromatic carbocycles. The first-order chi connectivity index (χ1) is 18.5. The summed E-state index contributed by atoms with van der Waals surface area (Å²) in [4.78, 5) is 13.6. The van der Waals surface area contributed by atoms with Crippen molar-refractivity contribution >= 4 is 44.1 Å². The topological polar surface area (TPSA) is 95.4 Å². The molecule has 2 aliphatic rings. The van der Waals surface area contributed by atoms with Crippen LogP contribution in [0, 0.1) is 5.82 Å². The van der Waals surface area contributed by atoms with Gasteiger partial charge in [-0.05, 0) is 76.2 Å². The van der Waals surface area contributed by atoms with Gasteiger partial charge in [0.25, 0.3) is 0 Å². The highest BCUT2D eigenvalue weighted by molar-refractivity contribution is 7.94. The molecular weight excluding hydrogens is 517 g/mol. The van der Waals surface area contributed by atoms with E-state index >= 15 is 4.39 Å². The van der Waals surface area contributed by atoms with Crippen LogP contribution in [0.4, 0.5) is 27.4 Å². The minimum absolute atomic E-state index is 0.235. The third-order valence-corrected chi connectivity index (χ3v) is 9.55. The van der Waals surface area contributed by atoms with Crippen molar-refractivity contribution in [2.45, 2.75) is 38.0 Å². The number of halogens is 1. The number of nitrogens with zero attached hydrogens (tertiary/aromatic N) is 5.